The lowest BCUT2D eigenvalue weighted by atomic mass is 9.73. The van der Waals surface area contributed by atoms with Crippen LogP contribution >= 0.6 is 0 Å². The van der Waals surface area contributed by atoms with Gasteiger partial charge in [-0.15, -0.1) is 0 Å². The molecule has 0 aliphatic heterocycles. The first-order chi connectivity index (χ1) is 15.4. The number of rotatable bonds is 12. The Morgan fingerprint density at radius 1 is 1.19 bits per heavy atom. The molecule has 7 nitrogen and oxygen atoms in total. The molecule has 1 fully saturated rings. The zero-order chi connectivity index (χ0) is 23.1. The van der Waals surface area contributed by atoms with Crippen molar-refractivity contribution in [2.75, 3.05) is 13.2 Å². The summed E-state index contributed by atoms with van der Waals surface area (Å²) in [4.78, 5) is 22.8. The van der Waals surface area contributed by atoms with E-state index in [-0.39, 0.29) is 30.7 Å². The number of benzene rings is 1. The standard InChI is InChI=1S/C25H36O7/c1-2-3-4-7-18(27)9-10-19-20-11-16-6-5-8-22(31-15-24(28)29)21(16)12-17(20)13-23(19)32-25(30)14-26/h5-6,8,17-20,23,26-27H,2-4,7,9-15H2,1H3,(H,28,29)/t17-,18-,19+,20-,23+/m0/s1. The van der Waals surface area contributed by atoms with Gasteiger partial charge in [0.15, 0.2) is 6.61 Å². The number of hydrogen-bond acceptors (Lipinski definition) is 6. The molecule has 0 radical (unpaired) electrons. The van der Waals surface area contributed by atoms with Crippen LogP contribution in [-0.4, -0.2) is 52.7 Å². The van der Waals surface area contributed by atoms with Crippen molar-refractivity contribution in [1.82, 2.24) is 0 Å². The van der Waals surface area contributed by atoms with Crippen molar-refractivity contribution in [3.8, 4) is 5.75 Å². The SMILES string of the molecule is CCCCC[C@H](O)CC[C@@H]1[C@H]2Cc3cccc(OCC(=O)O)c3C[C@H]2C[C@H]1OC(=O)CO. The quantitative estimate of drug-likeness (QED) is 0.333. The van der Waals surface area contributed by atoms with Gasteiger partial charge in [-0.2, -0.15) is 0 Å². The van der Waals surface area contributed by atoms with Gasteiger partial charge in [0.2, 0.25) is 0 Å². The second kappa shape index (κ2) is 11.7. The molecule has 5 atom stereocenters. The summed E-state index contributed by atoms with van der Waals surface area (Å²) in [6, 6.07) is 5.76. The third-order valence-corrected chi connectivity index (χ3v) is 7.06. The zero-order valence-electron chi connectivity index (χ0n) is 18.9. The first kappa shape index (κ1) is 24.5. The third-order valence-electron chi connectivity index (χ3n) is 7.06. The highest BCUT2D eigenvalue weighted by molar-refractivity contribution is 5.70. The molecule has 3 N–H and O–H groups in total. The maximum Gasteiger partial charge on any atom is 0.341 e. The van der Waals surface area contributed by atoms with Gasteiger partial charge < -0.3 is 24.8 Å². The first-order valence-corrected chi connectivity index (χ1v) is 11.9. The van der Waals surface area contributed by atoms with Crippen LogP contribution in [0, 0.1) is 17.8 Å². The summed E-state index contributed by atoms with van der Waals surface area (Å²) in [5, 5.41) is 28.6. The Kier molecular flexibility index (Phi) is 8.93. The second-order valence-corrected chi connectivity index (χ2v) is 9.22. The molecule has 0 saturated heterocycles. The molecule has 32 heavy (non-hydrogen) atoms. The number of aliphatic hydroxyl groups is 2. The van der Waals surface area contributed by atoms with Crippen molar-refractivity contribution in [2.24, 2.45) is 17.8 Å². The predicted octanol–water partition coefficient (Wildman–Crippen LogP) is 3.13. The number of esters is 1. The Morgan fingerprint density at radius 3 is 2.72 bits per heavy atom. The Hall–Kier alpha value is -2.12. The van der Waals surface area contributed by atoms with E-state index in [9.17, 15) is 19.8 Å². The molecule has 178 valence electrons. The molecule has 0 unspecified atom stereocenters. The average molecular weight is 449 g/mol. The van der Waals surface area contributed by atoms with Crippen molar-refractivity contribution in [2.45, 2.75) is 76.9 Å². The van der Waals surface area contributed by atoms with Gasteiger partial charge >= 0.3 is 11.9 Å². The fourth-order valence-corrected chi connectivity index (χ4v) is 5.55. The predicted molar refractivity (Wildman–Crippen MR) is 118 cm³/mol. The Balaban J connectivity index is 1.72. The molecule has 1 aromatic rings. The minimum Gasteiger partial charge on any atom is -0.482 e. The number of fused-ring (bicyclic) bond motifs is 2. The summed E-state index contributed by atoms with van der Waals surface area (Å²) in [5.41, 5.74) is 2.19. The molecule has 0 aromatic heterocycles. The van der Waals surface area contributed by atoms with E-state index < -0.39 is 18.5 Å². The van der Waals surface area contributed by atoms with Gasteiger partial charge in [-0.05, 0) is 73.5 Å². The number of aliphatic carboxylic acids is 1. The molecule has 2 aliphatic carbocycles. The Morgan fingerprint density at radius 2 is 2.00 bits per heavy atom. The largest absolute Gasteiger partial charge is 0.482 e. The lowest BCUT2D eigenvalue weighted by Crippen LogP contribution is -2.30. The number of ether oxygens (including phenoxy) is 2. The summed E-state index contributed by atoms with van der Waals surface area (Å²) in [6.07, 6.45) is 7.16. The van der Waals surface area contributed by atoms with Gasteiger partial charge in [-0.3, -0.25) is 0 Å². The van der Waals surface area contributed by atoms with Gasteiger partial charge in [0.25, 0.3) is 0 Å². The molecule has 1 aromatic carbocycles. The van der Waals surface area contributed by atoms with E-state index >= 15 is 0 Å². The molecular formula is C25H36O7. The van der Waals surface area contributed by atoms with E-state index in [4.69, 9.17) is 14.6 Å². The number of carboxylic acid groups (broad SMARTS) is 1. The number of aliphatic hydroxyl groups excluding tert-OH is 2. The van der Waals surface area contributed by atoms with E-state index in [1.165, 1.54) is 0 Å². The fourth-order valence-electron chi connectivity index (χ4n) is 5.55. The second-order valence-electron chi connectivity index (χ2n) is 9.22. The number of unbranched alkanes of at least 4 members (excludes halogenated alkanes) is 2. The highest BCUT2D eigenvalue weighted by atomic mass is 16.6. The monoisotopic (exact) mass is 448 g/mol. The van der Waals surface area contributed by atoms with Crippen molar-refractivity contribution >= 4 is 11.9 Å². The molecule has 0 spiro atoms. The maximum absolute atomic E-state index is 11.9. The van der Waals surface area contributed by atoms with Crippen molar-refractivity contribution in [3.05, 3.63) is 29.3 Å². The van der Waals surface area contributed by atoms with Crippen LogP contribution in [0.25, 0.3) is 0 Å². The number of carbonyl (C=O) groups excluding carboxylic acids is 1. The van der Waals surface area contributed by atoms with Crippen LogP contribution in [0.3, 0.4) is 0 Å². The highest BCUT2D eigenvalue weighted by Gasteiger charge is 2.47. The molecular weight excluding hydrogens is 412 g/mol. The third kappa shape index (κ3) is 6.23. The Bertz CT molecular complexity index is 778. The zero-order valence-corrected chi connectivity index (χ0v) is 18.9. The van der Waals surface area contributed by atoms with Crippen LogP contribution in [0.15, 0.2) is 18.2 Å². The van der Waals surface area contributed by atoms with Crippen LogP contribution in [0.2, 0.25) is 0 Å². The van der Waals surface area contributed by atoms with E-state index in [1.54, 1.807) is 0 Å². The van der Waals surface area contributed by atoms with Crippen molar-refractivity contribution < 1.29 is 34.4 Å². The highest BCUT2D eigenvalue weighted by Crippen LogP contribution is 2.49. The summed E-state index contributed by atoms with van der Waals surface area (Å²) >= 11 is 0. The van der Waals surface area contributed by atoms with Crippen molar-refractivity contribution in [1.29, 1.82) is 0 Å². The van der Waals surface area contributed by atoms with Crippen LogP contribution in [0.4, 0.5) is 0 Å². The molecule has 7 heteroatoms. The minimum atomic E-state index is -1.01. The molecule has 0 amide bonds. The van der Waals surface area contributed by atoms with E-state index in [0.29, 0.717) is 24.5 Å². The number of hydrogen-bond donors (Lipinski definition) is 3. The van der Waals surface area contributed by atoms with Gasteiger partial charge in [-0.25, -0.2) is 9.59 Å². The first-order valence-electron chi connectivity index (χ1n) is 11.9. The lowest BCUT2D eigenvalue weighted by molar-refractivity contribution is -0.154. The number of carbonyl (C=O) groups is 2. The van der Waals surface area contributed by atoms with Crippen LogP contribution in [0.5, 0.6) is 5.75 Å². The van der Waals surface area contributed by atoms with Gasteiger partial charge in [0.05, 0.1) is 6.10 Å². The van der Waals surface area contributed by atoms with E-state index in [2.05, 4.69) is 13.0 Å². The summed E-state index contributed by atoms with van der Waals surface area (Å²) in [6.45, 7) is 1.13. The van der Waals surface area contributed by atoms with Crippen LogP contribution < -0.4 is 4.74 Å². The summed E-state index contributed by atoms with van der Waals surface area (Å²) < 4.78 is 11.1. The summed E-state index contributed by atoms with van der Waals surface area (Å²) in [5.74, 6) is -0.265. The Labute approximate surface area is 189 Å². The van der Waals surface area contributed by atoms with Crippen LogP contribution in [0.1, 0.15) is 63.0 Å². The topological polar surface area (TPSA) is 113 Å². The maximum atomic E-state index is 11.9. The van der Waals surface area contributed by atoms with Crippen LogP contribution in [-0.2, 0) is 27.2 Å². The smallest absolute Gasteiger partial charge is 0.341 e. The fraction of sp³-hybridized carbons (Fsp3) is 0.680. The molecule has 0 bridgehead atoms. The van der Waals surface area contributed by atoms with Gasteiger partial charge in [0.1, 0.15) is 18.5 Å². The molecule has 1 saturated carbocycles. The average Bonchev–Trinajstić information content (AvgIpc) is 3.10. The number of carboxylic acids is 1. The van der Waals surface area contributed by atoms with Crippen molar-refractivity contribution in [3.63, 3.8) is 0 Å². The lowest BCUT2D eigenvalue weighted by Gasteiger charge is -2.32. The summed E-state index contributed by atoms with van der Waals surface area (Å²) in [7, 11) is 0. The normalized spacial score (nSPS) is 25.0. The molecule has 3 rings (SSSR count). The molecule has 0 heterocycles. The van der Waals surface area contributed by atoms with Gasteiger partial charge in [-0.1, -0.05) is 38.3 Å². The minimum absolute atomic E-state index is 0.132. The van der Waals surface area contributed by atoms with Gasteiger partial charge in [0, 0.05) is 0 Å². The van der Waals surface area contributed by atoms with E-state index in [0.717, 1.165) is 56.1 Å². The van der Waals surface area contributed by atoms with E-state index in [1.807, 2.05) is 12.1 Å². The molecule has 2 aliphatic rings.